The second-order valence-corrected chi connectivity index (χ2v) is 5.84. The van der Waals surface area contributed by atoms with E-state index in [0.29, 0.717) is 6.10 Å². The van der Waals surface area contributed by atoms with Crippen LogP contribution in [0.5, 0.6) is 0 Å². The Hall–Kier alpha value is -0.160. The van der Waals surface area contributed by atoms with Crippen LogP contribution in [0.25, 0.3) is 0 Å². The minimum atomic E-state index is 0.353. The van der Waals surface area contributed by atoms with Crippen LogP contribution in [-0.4, -0.2) is 74.9 Å². The van der Waals surface area contributed by atoms with Crippen molar-refractivity contribution in [2.75, 3.05) is 59.0 Å². The molecule has 0 saturated heterocycles. The predicted octanol–water partition coefficient (Wildman–Crippen LogP) is 2.44. The molecule has 4 heteroatoms. The minimum Gasteiger partial charge on any atom is -0.379 e. The SMILES string of the molecule is CCN(CC)CCCN(CC)CCNCCCOC(C)C. The van der Waals surface area contributed by atoms with Gasteiger partial charge in [-0.2, -0.15) is 0 Å². The van der Waals surface area contributed by atoms with Crippen LogP contribution in [0.1, 0.15) is 47.5 Å². The molecule has 0 unspecified atom stereocenters. The fourth-order valence-corrected chi connectivity index (χ4v) is 2.36. The molecule has 0 aromatic carbocycles. The molecule has 128 valence electrons. The van der Waals surface area contributed by atoms with Gasteiger partial charge in [-0.05, 0) is 66.0 Å². The van der Waals surface area contributed by atoms with Crippen molar-refractivity contribution >= 4 is 0 Å². The zero-order chi connectivity index (χ0) is 15.9. The largest absolute Gasteiger partial charge is 0.379 e. The summed E-state index contributed by atoms with van der Waals surface area (Å²) in [5.74, 6) is 0. The van der Waals surface area contributed by atoms with Crippen LogP contribution in [0.3, 0.4) is 0 Å². The van der Waals surface area contributed by atoms with E-state index in [0.717, 1.165) is 39.2 Å². The highest BCUT2D eigenvalue weighted by Crippen LogP contribution is 1.95. The van der Waals surface area contributed by atoms with E-state index >= 15 is 0 Å². The molecule has 0 aromatic heterocycles. The zero-order valence-corrected chi connectivity index (χ0v) is 15.2. The van der Waals surface area contributed by atoms with Gasteiger partial charge in [0.15, 0.2) is 0 Å². The Morgan fingerprint density at radius 1 is 0.810 bits per heavy atom. The highest BCUT2D eigenvalue weighted by atomic mass is 16.5. The average Bonchev–Trinajstić information content (AvgIpc) is 2.48. The molecule has 0 saturated carbocycles. The van der Waals surface area contributed by atoms with E-state index in [1.54, 1.807) is 0 Å². The standard InChI is InChI=1S/C17H39N3O/c1-6-19(7-2)13-10-14-20(8-3)15-12-18-11-9-16-21-17(4)5/h17-18H,6-16H2,1-5H3. The molecule has 0 aromatic rings. The quantitative estimate of drug-likeness (QED) is 0.470. The first-order valence-corrected chi connectivity index (χ1v) is 8.90. The number of likely N-dealkylation sites (N-methyl/N-ethyl adjacent to an activating group) is 1. The maximum absolute atomic E-state index is 5.53. The van der Waals surface area contributed by atoms with Gasteiger partial charge in [0.1, 0.15) is 0 Å². The minimum absolute atomic E-state index is 0.353. The summed E-state index contributed by atoms with van der Waals surface area (Å²) in [6.45, 7) is 21.0. The van der Waals surface area contributed by atoms with Crippen molar-refractivity contribution in [2.45, 2.75) is 53.6 Å². The number of ether oxygens (including phenoxy) is 1. The second kappa shape index (κ2) is 14.8. The number of rotatable bonds is 15. The molecule has 0 heterocycles. The molecule has 0 aliphatic rings. The molecule has 0 bridgehead atoms. The van der Waals surface area contributed by atoms with Crippen molar-refractivity contribution in [3.05, 3.63) is 0 Å². The molecule has 0 spiro atoms. The Balaban J connectivity index is 3.48. The van der Waals surface area contributed by atoms with Crippen molar-refractivity contribution in [1.29, 1.82) is 0 Å². The van der Waals surface area contributed by atoms with E-state index in [2.05, 4.69) is 49.7 Å². The van der Waals surface area contributed by atoms with Gasteiger partial charge in [-0.15, -0.1) is 0 Å². The first kappa shape index (κ1) is 20.8. The monoisotopic (exact) mass is 301 g/mol. The van der Waals surface area contributed by atoms with Crippen LogP contribution in [0, 0.1) is 0 Å². The smallest absolute Gasteiger partial charge is 0.0518 e. The molecule has 0 aliphatic carbocycles. The summed E-state index contributed by atoms with van der Waals surface area (Å²) < 4.78 is 5.53. The predicted molar refractivity (Wildman–Crippen MR) is 93.1 cm³/mol. The molecule has 0 atom stereocenters. The number of hydrogen-bond acceptors (Lipinski definition) is 4. The lowest BCUT2D eigenvalue weighted by molar-refractivity contribution is 0.0770. The summed E-state index contributed by atoms with van der Waals surface area (Å²) in [6.07, 6.45) is 2.73. The first-order valence-electron chi connectivity index (χ1n) is 8.90. The second-order valence-electron chi connectivity index (χ2n) is 5.84. The Kier molecular flexibility index (Phi) is 14.7. The van der Waals surface area contributed by atoms with Crippen LogP contribution in [0.2, 0.25) is 0 Å². The third kappa shape index (κ3) is 13.2. The van der Waals surface area contributed by atoms with Crippen molar-refractivity contribution in [3.63, 3.8) is 0 Å². The molecule has 1 N–H and O–H groups in total. The molecule has 0 rings (SSSR count). The van der Waals surface area contributed by atoms with Gasteiger partial charge >= 0.3 is 0 Å². The molecule has 4 nitrogen and oxygen atoms in total. The zero-order valence-electron chi connectivity index (χ0n) is 15.2. The number of nitrogens with zero attached hydrogens (tertiary/aromatic N) is 2. The van der Waals surface area contributed by atoms with Gasteiger partial charge in [0.2, 0.25) is 0 Å². The lowest BCUT2D eigenvalue weighted by Crippen LogP contribution is -2.35. The van der Waals surface area contributed by atoms with Crippen LogP contribution >= 0.6 is 0 Å². The fraction of sp³-hybridized carbons (Fsp3) is 1.00. The molecule has 0 radical (unpaired) electrons. The van der Waals surface area contributed by atoms with Crippen LogP contribution in [0.4, 0.5) is 0 Å². The third-order valence-corrected chi connectivity index (χ3v) is 3.84. The van der Waals surface area contributed by atoms with Gasteiger partial charge in [0, 0.05) is 19.7 Å². The molecular weight excluding hydrogens is 262 g/mol. The van der Waals surface area contributed by atoms with Crippen LogP contribution < -0.4 is 5.32 Å². The average molecular weight is 302 g/mol. The molecule has 0 fully saturated rings. The summed E-state index contributed by atoms with van der Waals surface area (Å²) in [6, 6.07) is 0. The third-order valence-electron chi connectivity index (χ3n) is 3.84. The maximum atomic E-state index is 5.53. The van der Waals surface area contributed by atoms with Crippen molar-refractivity contribution in [2.24, 2.45) is 0 Å². The van der Waals surface area contributed by atoms with Crippen molar-refractivity contribution in [1.82, 2.24) is 15.1 Å². The molecule has 0 amide bonds. The van der Waals surface area contributed by atoms with E-state index in [1.165, 1.54) is 32.6 Å². The molecular formula is C17H39N3O. The number of hydrogen-bond donors (Lipinski definition) is 1. The normalized spacial score (nSPS) is 12.0. The highest BCUT2D eigenvalue weighted by Gasteiger charge is 2.04. The van der Waals surface area contributed by atoms with Gasteiger partial charge in [-0.1, -0.05) is 20.8 Å². The van der Waals surface area contributed by atoms with Gasteiger partial charge < -0.3 is 19.9 Å². The lowest BCUT2D eigenvalue weighted by atomic mass is 10.3. The Bertz CT molecular complexity index is 208. The van der Waals surface area contributed by atoms with Gasteiger partial charge in [0.05, 0.1) is 6.10 Å². The molecule has 21 heavy (non-hydrogen) atoms. The number of nitrogens with one attached hydrogen (secondary N) is 1. The summed E-state index contributed by atoms with van der Waals surface area (Å²) in [5.41, 5.74) is 0. The summed E-state index contributed by atoms with van der Waals surface area (Å²) in [5, 5.41) is 3.51. The van der Waals surface area contributed by atoms with Gasteiger partial charge in [-0.3, -0.25) is 0 Å². The van der Waals surface area contributed by atoms with Crippen LogP contribution in [0.15, 0.2) is 0 Å². The van der Waals surface area contributed by atoms with Crippen molar-refractivity contribution < 1.29 is 4.74 Å². The van der Waals surface area contributed by atoms with Gasteiger partial charge in [-0.25, -0.2) is 0 Å². The van der Waals surface area contributed by atoms with E-state index < -0.39 is 0 Å². The Labute approximate surface area is 133 Å². The maximum Gasteiger partial charge on any atom is 0.0518 e. The topological polar surface area (TPSA) is 27.7 Å². The summed E-state index contributed by atoms with van der Waals surface area (Å²) in [7, 11) is 0. The molecule has 0 aliphatic heterocycles. The van der Waals surface area contributed by atoms with Crippen LogP contribution in [-0.2, 0) is 4.74 Å². The van der Waals surface area contributed by atoms with E-state index in [9.17, 15) is 0 Å². The van der Waals surface area contributed by atoms with Crippen molar-refractivity contribution in [3.8, 4) is 0 Å². The van der Waals surface area contributed by atoms with Gasteiger partial charge in [0.25, 0.3) is 0 Å². The summed E-state index contributed by atoms with van der Waals surface area (Å²) in [4.78, 5) is 5.04. The lowest BCUT2D eigenvalue weighted by Gasteiger charge is -2.23. The van der Waals surface area contributed by atoms with E-state index in [4.69, 9.17) is 4.74 Å². The Morgan fingerprint density at radius 2 is 1.43 bits per heavy atom. The fourth-order valence-electron chi connectivity index (χ4n) is 2.36. The first-order chi connectivity index (χ1) is 10.1. The summed E-state index contributed by atoms with van der Waals surface area (Å²) >= 11 is 0. The van der Waals surface area contributed by atoms with E-state index in [-0.39, 0.29) is 0 Å². The highest BCUT2D eigenvalue weighted by molar-refractivity contribution is 4.61. The Morgan fingerprint density at radius 3 is 2.00 bits per heavy atom. The van der Waals surface area contributed by atoms with E-state index in [1.807, 2.05) is 0 Å².